The summed E-state index contributed by atoms with van der Waals surface area (Å²) in [5.41, 5.74) is 2.28. The van der Waals surface area contributed by atoms with E-state index < -0.39 is 0 Å². The average Bonchev–Trinajstić information content (AvgIpc) is 2.31. The van der Waals surface area contributed by atoms with Gasteiger partial charge in [0.05, 0.1) is 6.10 Å². The molecule has 0 radical (unpaired) electrons. The van der Waals surface area contributed by atoms with E-state index in [4.69, 9.17) is 4.74 Å². The van der Waals surface area contributed by atoms with Gasteiger partial charge in [-0.2, -0.15) is 0 Å². The van der Waals surface area contributed by atoms with Crippen molar-refractivity contribution in [2.45, 2.75) is 51.6 Å². The molecule has 1 saturated carbocycles. The molecule has 1 aliphatic rings. The van der Waals surface area contributed by atoms with Crippen LogP contribution in [0.4, 0.5) is 0 Å². The molecule has 2 nitrogen and oxygen atoms in total. The van der Waals surface area contributed by atoms with E-state index in [9.17, 15) is 5.11 Å². The predicted molar refractivity (Wildman–Crippen MR) is 69.5 cm³/mol. The second kappa shape index (κ2) is 5.54. The van der Waals surface area contributed by atoms with E-state index in [0.29, 0.717) is 11.7 Å². The van der Waals surface area contributed by atoms with Crippen molar-refractivity contribution in [2.24, 2.45) is 0 Å². The first-order valence-electron chi connectivity index (χ1n) is 6.64. The van der Waals surface area contributed by atoms with Crippen molar-refractivity contribution < 1.29 is 9.84 Å². The molecule has 17 heavy (non-hydrogen) atoms. The first-order valence-corrected chi connectivity index (χ1v) is 6.64. The highest BCUT2D eigenvalue weighted by atomic mass is 16.5. The van der Waals surface area contributed by atoms with E-state index in [1.807, 2.05) is 13.0 Å². The number of hydrogen-bond acceptors (Lipinski definition) is 2. The summed E-state index contributed by atoms with van der Waals surface area (Å²) in [7, 11) is 0. The van der Waals surface area contributed by atoms with Gasteiger partial charge in [-0.05, 0) is 38.3 Å². The standard InChI is InChI=1S/C15H22O2/c1-3-17-14-10-5-4-8-12(14)15-11(2)7-6-9-13(15)16/h6-7,9,12,14,16H,3-5,8,10H2,1-2H3/t12-,14+/m1/s1. The molecule has 0 unspecified atom stereocenters. The summed E-state index contributed by atoms with van der Waals surface area (Å²) < 4.78 is 5.85. The fourth-order valence-electron chi connectivity index (χ4n) is 2.99. The Bertz CT molecular complexity index is 351. The predicted octanol–water partition coefficient (Wildman–Crippen LogP) is 3.76. The van der Waals surface area contributed by atoms with Crippen molar-refractivity contribution in [3.05, 3.63) is 29.3 Å². The lowest BCUT2D eigenvalue weighted by Crippen LogP contribution is -2.26. The summed E-state index contributed by atoms with van der Waals surface area (Å²) in [6.45, 7) is 4.88. The van der Waals surface area contributed by atoms with Crippen LogP contribution >= 0.6 is 0 Å². The maximum atomic E-state index is 10.1. The van der Waals surface area contributed by atoms with Gasteiger partial charge in [0, 0.05) is 18.1 Å². The van der Waals surface area contributed by atoms with Crippen LogP contribution in [0.2, 0.25) is 0 Å². The van der Waals surface area contributed by atoms with Crippen LogP contribution in [0.15, 0.2) is 18.2 Å². The topological polar surface area (TPSA) is 29.5 Å². The van der Waals surface area contributed by atoms with E-state index in [1.54, 1.807) is 6.07 Å². The summed E-state index contributed by atoms with van der Waals surface area (Å²) in [5, 5.41) is 10.1. The Morgan fingerprint density at radius 3 is 2.76 bits per heavy atom. The normalized spacial score (nSPS) is 24.8. The van der Waals surface area contributed by atoms with Crippen molar-refractivity contribution in [3.8, 4) is 5.75 Å². The fourth-order valence-corrected chi connectivity index (χ4v) is 2.99. The molecule has 0 saturated heterocycles. The highest BCUT2D eigenvalue weighted by molar-refractivity contribution is 5.42. The minimum Gasteiger partial charge on any atom is -0.508 e. The number of hydrogen-bond donors (Lipinski definition) is 1. The zero-order chi connectivity index (χ0) is 12.3. The van der Waals surface area contributed by atoms with Crippen LogP contribution in [0, 0.1) is 6.92 Å². The lowest BCUT2D eigenvalue weighted by molar-refractivity contribution is 0.0200. The van der Waals surface area contributed by atoms with Crippen LogP contribution in [0.5, 0.6) is 5.75 Å². The zero-order valence-electron chi connectivity index (χ0n) is 10.8. The molecular weight excluding hydrogens is 212 g/mol. The number of phenols is 1. The molecule has 0 heterocycles. The number of aromatic hydroxyl groups is 1. The van der Waals surface area contributed by atoms with E-state index >= 15 is 0 Å². The number of aryl methyl sites for hydroxylation is 1. The number of phenolic OH excluding ortho intramolecular Hbond substituents is 1. The molecule has 0 spiro atoms. The fraction of sp³-hybridized carbons (Fsp3) is 0.600. The van der Waals surface area contributed by atoms with Crippen molar-refractivity contribution in [3.63, 3.8) is 0 Å². The number of benzene rings is 1. The molecule has 2 atom stereocenters. The SMILES string of the molecule is CCO[C@H]1CCCC[C@H]1c1c(C)cccc1O. The molecule has 1 fully saturated rings. The molecule has 1 aromatic rings. The second-order valence-corrected chi connectivity index (χ2v) is 4.89. The highest BCUT2D eigenvalue weighted by Crippen LogP contribution is 2.40. The van der Waals surface area contributed by atoms with Crippen LogP contribution in [-0.4, -0.2) is 17.8 Å². The van der Waals surface area contributed by atoms with Crippen LogP contribution < -0.4 is 0 Å². The lowest BCUT2D eigenvalue weighted by atomic mass is 9.79. The molecule has 0 amide bonds. The molecule has 0 aliphatic heterocycles. The number of rotatable bonds is 3. The third kappa shape index (κ3) is 2.63. The van der Waals surface area contributed by atoms with Crippen molar-refractivity contribution in [1.29, 1.82) is 0 Å². The Hall–Kier alpha value is -1.02. The summed E-state index contributed by atoms with van der Waals surface area (Å²) in [6.07, 6.45) is 5.01. The van der Waals surface area contributed by atoms with Gasteiger partial charge in [-0.1, -0.05) is 25.0 Å². The summed E-state index contributed by atoms with van der Waals surface area (Å²) in [6, 6.07) is 5.78. The summed E-state index contributed by atoms with van der Waals surface area (Å²) in [4.78, 5) is 0. The van der Waals surface area contributed by atoms with Crippen molar-refractivity contribution in [2.75, 3.05) is 6.61 Å². The Balaban J connectivity index is 2.29. The summed E-state index contributed by atoms with van der Waals surface area (Å²) >= 11 is 0. The maximum absolute atomic E-state index is 10.1. The van der Waals surface area contributed by atoms with Crippen LogP contribution in [0.1, 0.15) is 49.7 Å². The van der Waals surface area contributed by atoms with E-state index in [0.717, 1.165) is 25.0 Å². The van der Waals surface area contributed by atoms with Gasteiger partial charge < -0.3 is 9.84 Å². The first-order chi connectivity index (χ1) is 8.24. The molecule has 94 valence electrons. The zero-order valence-corrected chi connectivity index (χ0v) is 10.8. The van der Waals surface area contributed by atoms with Gasteiger partial charge in [-0.25, -0.2) is 0 Å². The second-order valence-electron chi connectivity index (χ2n) is 4.89. The Labute approximate surface area is 104 Å². The van der Waals surface area contributed by atoms with Gasteiger partial charge in [0.15, 0.2) is 0 Å². The monoisotopic (exact) mass is 234 g/mol. The highest BCUT2D eigenvalue weighted by Gasteiger charge is 2.29. The minimum absolute atomic E-state index is 0.278. The van der Waals surface area contributed by atoms with Crippen LogP contribution in [0.3, 0.4) is 0 Å². The molecular formula is C15H22O2. The Morgan fingerprint density at radius 1 is 1.29 bits per heavy atom. The van der Waals surface area contributed by atoms with Crippen molar-refractivity contribution >= 4 is 0 Å². The quantitative estimate of drug-likeness (QED) is 0.862. The lowest BCUT2D eigenvalue weighted by Gasteiger charge is -2.32. The van der Waals surface area contributed by atoms with Gasteiger partial charge in [0.1, 0.15) is 5.75 Å². The molecule has 1 aliphatic carbocycles. The third-order valence-electron chi connectivity index (χ3n) is 3.76. The average molecular weight is 234 g/mol. The van der Waals surface area contributed by atoms with E-state index in [2.05, 4.69) is 13.0 Å². The Kier molecular flexibility index (Phi) is 4.06. The molecule has 0 aromatic heterocycles. The van der Waals surface area contributed by atoms with Gasteiger partial charge in [-0.15, -0.1) is 0 Å². The van der Waals surface area contributed by atoms with E-state index in [-0.39, 0.29) is 6.10 Å². The largest absolute Gasteiger partial charge is 0.508 e. The maximum Gasteiger partial charge on any atom is 0.119 e. The van der Waals surface area contributed by atoms with Gasteiger partial charge in [0.25, 0.3) is 0 Å². The van der Waals surface area contributed by atoms with Gasteiger partial charge in [-0.3, -0.25) is 0 Å². The minimum atomic E-state index is 0.278. The molecule has 1 N–H and O–H groups in total. The molecule has 2 rings (SSSR count). The van der Waals surface area contributed by atoms with Crippen LogP contribution in [-0.2, 0) is 4.74 Å². The van der Waals surface area contributed by atoms with Gasteiger partial charge in [0.2, 0.25) is 0 Å². The van der Waals surface area contributed by atoms with Gasteiger partial charge >= 0.3 is 0 Å². The smallest absolute Gasteiger partial charge is 0.119 e. The number of ether oxygens (including phenoxy) is 1. The molecule has 1 aromatic carbocycles. The van der Waals surface area contributed by atoms with Crippen LogP contribution in [0.25, 0.3) is 0 Å². The third-order valence-corrected chi connectivity index (χ3v) is 3.76. The first kappa shape index (κ1) is 12.4. The van der Waals surface area contributed by atoms with Crippen molar-refractivity contribution in [1.82, 2.24) is 0 Å². The Morgan fingerprint density at radius 2 is 2.06 bits per heavy atom. The van der Waals surface area contributed by atoms with E-state index in [1.165, 1.54) is 18.4 Å². The molecule has 2 heteroatoms. The summed E-state index contributed by atoms with van der Waals surface area (Å²) in [5.74, 6) is 0.798. The molecule has 0 bridgehead atoms.